The molecule has 6 nitrogen and oxygen atoms in total. The summed E-state index contributed by atoms with van der Waals surface area (Å²) in [6.45, 7) is 7.24. The van der Waals surface area contributed by atoms with Gasteiger partial charge in [-0.2, -0.15) is 0 Å². The number of hydrogen-bond donors (Lipinski definition) is 2. The Morgan fingerprint density at radius 2 is 2.11 bits per heavy atom. The highest BCUT2D eigenvalue weighted by molar-refractivity contribution is 5.88. The molecule has 0 spiro atoms. The molecule has 2 unspecified atom stereocenters. The standard InChI is InChI=1S/C21H27FN2O4/c1-5-16(19(25)26)24-17-8-6-12(22)10-14(17)15-11-13(7-9-18(15)24)23-20(27)28-21(2,3)4/h6,8,10,13,16H,5,7,9,11H2,1-4H3,(H,23,27)(H,25,26). The van der Waals surface area contributed by atoms with Crippen LogP contribution in [0.1, 0.15) is 57.8 Å². The number of aliphatic carboxylic acids is 1. The second-order valence-corrected chi connectivity index (χ2v) is 8.30. The predicted octanol–water partition coefficient (Wildman–Crippen LogP) is 4.20. The number of carbonyl (C=O) groups is 2. The van der Waals surface area contributed by atoms with Crippen LogP contribution in [0.25, 0.3) is 10.9 Å². The largest absolute Gasteiger partial charge is 0.480 e. The van der Waals surface area contributed by atoms with E-state index in [1.165, 1.54) is 12.1 Å². The Morgan fingerprint density at radius 3 is 2.71 bits per heavy atom. The Balaban J connectivity index is 1.98. The molecule has 1 aliphatic carbocycles. The van der Waals surface area contributed by atoms with E-state index in [1.807, 2.05) is 11.5 Å². The lowest BCUT2D eigenvalue weighted by molar-refractivity contribution is -0.140. The maximum atomic E-state index is 13.9. The van der Waals surface area contributed by atoms with Crippen LogP contribution in [0.15, 0.2) is 18.2 Å². The highest BCUT2D eigenvalue weighted by Crippen LogP contribution is 2.36. The lowest BCUT2D eigenvalue weighted by Crippen LogP contribution is -2.42. The lowest BCUT2D eigenvalue weighted by Gasteiger charge is -2.28. The van der Waals surface area contributed by atoms with Gasteiger partial charge in [0.25, 0.3) is 0 Å². The Bertz CT molecular complexity index is 913. The van der Waals surface area contributed by atoms with Crippen LogP contribution in [0.4, 0.5) is 9.18 Å². The van der Waals surface area contributed by atoms with Crippen LogP contribution in [0.5, 0.6) is 0 Å². The molecule has 0 bridgehead atoms. The van der Waals surface area contributed by atoms with E-state index in [9.17, 15) is 19.1 Å². The molecule has 1 aliphatic rings. The molecular weight excluding hydrogens is 363 g/mol. The van der Waals surface area contributed by atoms with Crippen LogP contribution < -0.4 is 5.32 Å². The Labute approximate surface area is 163 Å². The second kappa shape index (κ2) is 7.45. The van der Waals surface area contributed by atoms with Crippen LogP contribution in [0, 0.1) is 5.82 Å². The van der Waals surface area contributed by atoms with Gasteiger partial charge in [0.2, 0.25) is 0 Å². The van der Waals surface area contributed by atoms with Crippen LogP contribution >= 0.6 is 0 Å². The van der Waals surface area contributed by atoms with E-state index in [0.29, 0.717) is 31.1 Å². The third-order valence-electron chi connectivity index (χ3n) is 5.07. The number of aromatic nitrogens is 1. The van der Waals surface area contributed by atoms with Crippen molar-refractivity contribution < 1.29 is 23.8 Å². The number of rotatable bonds is 4. The van der Waals surface area contributed by atoms with Crippen molar-refractivity contribution in [1.82, 2.24) is 9.88 Å². The maximum Gasteiger partial charge on any atom is 0.407 e. The molecule has 0 fully saturated rings. The summed E-state index contributed by atoms with van der Waals surface area (Å²) in [6.07, 6.45) is 1.74. The molecule has 1 heterocycles. The van der Waals surface area contributed by atoms with E-state index >= 15 is 0 Å². The molecule has 1 aromatic carbocycles. The normalized spacial score (nSPS) is 17.8. The van der Waals surface area contributed by atoms with Crippen LogP contribution in [0.3, 0.4) is 0 Å². The van der Waals surface area contributed by atoms with E-state index < -0.39 is 23.7 Å². The lowest BCUT2D eigenvalue weighted by atomic mass is 9.91. The number of benzene rings is 1. The molecule has 2 N–H and O–H groups in total. The van der Waals surface area contributed by atoms with Gasteiger partial charge < -0.3 is 19.7 Å². The molecule has 3 rings (SSSR count). The summed E-state index contributed by atoms with van der Waals surface area (Å²) in [4.78, 5) is 23.9. The van der Waals surface area contributed by atoms with Crippen LogP contribution in [-0.2, 0) is 22.4 Å². The van der Waals surface area contributed by atoms with Gasteiger partial charge in [-0.1, -0.05) is 6.92 Å². The topological polar surface area (TPSA) is 80.6 Å². The first kappa shape index (κ1) is 20.2. The van der Waals surface area contributed by atoms with Gasteiger partial charge in [-0.05, 0) is 70.2 Å². The quantitative estimate of drug-likeness (QED) is 0.820. The monoisotopic (exact) mass is 390 g/mol. The Morgan fingerprint density at radius 1 is 1.39 bits per heavy atom. The number of nitrogens with zero attached hydrogens (tertiary/aromatic N) is 1. The molecule has 0 radical (unpaired) electrons. The number of nitrogens with one attached hydrogen (secondary N) is 1. The Kier molecular flexibility index (Phi) is 5.37. The number of hydrogen-bond acceptors (Lipinski definition) is 3. The summed E-state index contributed by atoms with van der Waals surface area (Å²) in [5.74, 6) is -1.27. The van der Waals surface area contributed by atoms with Crippen molar-refractivity contribution in [3.8, 4) is 0 Å². The first-order chi connectivity index (χ1) is 13.1. The van der Waals surface area contributed by atoms with Crippen molar-refractivity contribution in [3.63, 3.8) is 0 Å². The minimum atomic E-state index is -0.902. The smallest absolute Gasteiger partial charge is 0.407 e. The van der Waals surface area contributed by atoms with E-state index in [0.717, 1.165) is 16.8 Å². The molecule has 0 saturated carbocycles. The average molecular weight is 390 g/mol. The third kappa shape index (κ3) is 3.98. The number of alkyl carbamates (subject to hydrolysis) is 1. The van der Waals surface area contributed by atoms with Gasteiger partial charge in [-0.3, -0.25) is 0 Å². The summed E-state index contributed by atoms with van der Waals surface area (Å²) in [7, 11) is 0. The van der Waals surface area contributed by atoms with E-state index in [-0.39, 0.29) is 11.9 Å². The Hall–Kier alpha value is -2.57. The second-order valence-electron chi connectivity index (χ2n) is 8.30. The van der Waals surface area contributed by atoms with Gasteiger partial charge in [0.05, 0.1) is 0 Å². The number of ether oxygens (including phenoxy) is 1. The first-order valence-electron chi connectivity index (χ1n) is 9.64. The zero-order chi connectivity index (χ0) is 20.6. The van der Waals surface area contributed by atoms with Crippen molar-refractivity contribution in [2.75, 3.05) is 0 Å². The fourth-order valence-electron chi connectivity index (χ4n) is 3.99. The minimum Gasteiger partial charge on any atom is -0.480 e. The van der Waals surface area contributed by atoms with Crippen molar-refractivity contribution in [3.05, 3.63) is 35.3 Å². The fourth-order valence-corrected chi connectivity index (χ4v) is 3.99. The van der Waals surface area contributed by atoms with Crippen molar-refractivity contribution in [2.45, 2.75) is 71.1 Å². The molecule has 2 aromatic rings. The highest BCUT2D eigenvalue weighted by Gasteiger charge is 2.31. The van der Waals surface area contributed by atoms with Crippen LogP contribution in [-0.4, -0.2) is 33.4 Å². The molecule has 28 heavy (non-hydrogen) atoms. The summed E-state index contributed by atoms with van der Waals surface area (Å²) in [5.41, 5.74) is 1.95. The van der Waals surface area contributed by atoms with Gasteiger partial charge in [-0.15, -0.1) is 0 Å². The number of fused-ring (bicyclic) bond motifs is 3. The van der Waals surface area contributed by atoms with E-state index in [1.54, 1.807) is 26.8 Å². The van der Waals surface area contributed by atoms with Gasteiger partial charge in [0.1, 0.15) is 17.5 Å². The van der Waals surface area contributed by atoms with Crippen molar-refractivity contribution >= 4 is 23.0 Å². The first-order valence-corrected chi connectivity index (χ1v) is 9.64. The van der Waals surface area contributed by atoms with Gasteiger partial charge >= 0.3 is 12.1 Å². The molecule has 0 saturated heterocycles. The van der Waals surface area contributed by atoms with Crippen molar-refractivity contribution in [2.24, 2.45) is 0 Å². The summed E-state index contributed by atoms with van der Waals surface area (Å²) in [5, 5.41) is 13.3. The number of carboxylic acids is 1. The summed E-state index contributed by atoms with van der Waals surface area (Å²) >= 11 is 0. The van der Waals surface area contributed by atoms with E-state index in [4.69, 9.17) is 4.74 Å². The summed E-state index contributed by atoms with van der Waals surface area (Å²) in [6, 6.07) is 3.61. The maximum absolute atomic E-state index is 13.9. The number of carboxylic acid groups (broad SMARTS) is 1. The molecule has 1 amide bonds. The summed E-state index contributed by atoms with van der Waals surface area (Å²) < 4.78 is 21.1. The van der Waals surface area contributed by atoms with Gasteiger partial charge in [0.15, 0.2) is 0 Å². The average Bonchev–Trinajstić information content (AvgIpc) is 2.87. The molecular formula is C21H27FN2O4. The number of halogens is 1. The fraction of sp³-hybridized carbons (Fsp3) is 0.524. The number of carbonyl (C=O) groups excluding carboxylic acids is 1. The molecule has 1 aromatic heterocycles. The minimum absolute atomic E-state index is 0.144. The molecule has 152 valence electrons. The molecule has 2 atom stereocenters. The zero-order valence-electron chi connectivity index (χ0n) is 16.7. The van der Waals surface area contributed by atoms with E-state index in [2.05, 4.69) is 5.32 Å². The SMILES string of the molecule is CCC(C(=O)O)n1c2c(c3cc(F)ccc31)CC(NC(=O)OC(C)(C)C)CC2. The number of amides is 1. The highest BCUT2D eigenvalue weighted by atomic mass is 19.1. The van der Waals surface area contributed by atoms with Gasteiger partial charge in [-0.25, -0.2) is 14.0 Å². The van der Waals surface area contributed by atoms with Crippen LogP contribution in [0.2, 0.25) is 0 Å². The predicted molar refractivity (Wildman–Crippen MR) is 104 cm³/mol. The zero-order valence-corrected chi connectivity index (χ0v) is 16.7. The molecule has 0 aliphatic heterocycles. The molecule has 7 heteroatoms. The van der Waals surface area contributed by atoms with Gasteiger partial charge in [0, 0.05) is 22.6 Å². The third-order valence-corrected chi connectivity index (χ3v) is 5.07. The van der Waals surface area contributed by atoms with Crippen molar-refractivity contribution in [1.29, 1.82) is 0 Å².